The van der Waals surface area contributed by atoms with Gasteiger partial charge in [-0.2, -0.15) is 0 Å². The van der Waals surface area contributed by atoms with Crippen LogP contribution in [-0.4, -0.2) is 17.0 Å². The Kier molecular flexibility index (Phi) is 4.74. The van der Waals surface area contributed by atoms with Crippen molar-refractivity contribution in [2.75, 3.05) is 5.32 Å². The molecule has 0 aromatic heterocycles. The molecule has 0 saturated heterocycles. The Bertz CT molecular complexity index is 714. The van der Waals surface area contributed by atoms with Crippen LogP contribution in [0.1, 0.15) is 18.9 Å². The molecule has 0 radical (unpaired) electrons. The molecule has 0 aliphatic heterocycles. The molecule has 0 aliphatic rings. The normalized spacial score (nSPS) is 13.2. The highest BCUT2D eigenvalue weighted by Gasteiger charge is 2.37. The molecule has 1 amide bonds. The SMILES string of the molecule is CC(CC(=O)Nc1c(F)cccc1F)(C(=O)O)c1ccccc1. The van der Waals surface area contributed by atoms with Crippen LogP contribution in [0.5, 0.6) is 0 Å². The fraction of sp³-hybridized carbons (Fsp3) is 0.176. The highest BCUT2D eigenvalue weighted by atomic mass is 19.1. The predicted molar refractivity (Wildman–Crippen MR) is 81.0 cm³/mol. The molecule has 120 valence electrons. The molecular weight excluding hydrogens is 304 g/mol. The number of carbonyl (C=O) groups is 2. The van der Waals surface area contributed by atoms with Crippen molar-refractivity contribution in [3.63, 3.8) is 0 Å². The number of benzene rings is 2. The molecule has 1 unspecified atom stereocenters. The maximum atomic E-state index is 13.6. The molecule has 23 heavy (non-hydrogen) atoms. The number of carboxylic acids is 1. The first kappa shape index (κ1) is 16.6. The van der Waals surface area contributed by atoms with Gasteiger partial charge in [-0.1, -0.05) is 36.4 Å². The van der Waals surface area contributed by atoms with Crippen molar-refractivity contribution in [1.29, 1.82) is 0 Å². The minimum absolute atomic E-state index is 0.427. The molecule has 4 nitrogen and oxygen atoms in total. The van der Waals surface area contributed by atoms with Gasteiger partial charge in [-0.3, -0.25) is 9.59 Å². The minimum Gasteiger partial charge on any atom is -0.481 e. The second-order valence-electron chi connectivity index (χ2n) is 5.32. The van der Waals surface area contributed by atoms with Gasteiger partial charge in [-0.05, 0) is 24.6 Å². The number of aliphatic carboxylic acids is 1. The van der Waals surface area contributed by atoms with Gasteiger partial charge in [0, 0.05) is 6.42 Å². The molecule has 1 atom stereocenters. The number of carbonyl (C=O) groups excluding carboxylic acids is 1. The van der Waals surface area contributed by atoms with Crippen molar-refractivity contribution in [2.24, 2.45) is 0 Å². The van der Waals surface area contributed by atoms with Gasteiger partial charge in [0.1, 0.15) is 17.3 Å². The van der Waals surface area contributed by atoms with Gasteiger partial charge in [0.25, 0.3) is 0 Å². The van der Waals surface area contributed by atoms with E-state index in [2.05, 4.69) is 5.32 Å². The zero-order chi connectivity index (χ0) is 17.0. The van der Waals surface area contributed by atoms with Gasteiger partial charge in [0.15, 0.2) is 0 Å². The largest absolute Gasteiger partial charge is 0.481 e. The second-order valence-corrected chi connectivity index (χ2v) is 5.32. The van der Waals surface area contributed by atoms with E-state index in [1.54, 1.807) is 30.3 Å². The van der Waals surface area contributed by atoms with E-state index >= 15 is 0 Å². The number of para-hydroxylation sites is 1. The highest BCUT2D eigenvalue weighted by Crippen LogP contribution is 2.29. The molecule has 6 heteroatoms. The van der Waals surface area contributed by atoms with E-state index in [1.165, 1.54) is 13.0 Å². The first-order valence-corrected chi connectivity index (χ1v) is 6.87. The van der Waals surface area contributed by atoms with E-state index in [0.29, 0.717) is 5.56 Å². The third-order valence-corrected chi connectivity index (χ3v) is 3.62. The zero-order valence-corrected chi connectivity index (χ0v) is 12.3. The number of anilines is 1. The number of amides is 1. The van der Waals surface area contributed by atoms with E-state index in [9.17, 15) is 23.5 Å². The van der Waals surface area contributed by atoms with Gasteiger partial charge < -0.3 is 10.4 Å². The highest BCUT2D eigenvalue weighted by molar-refractivity contribution is 5.96. The second kappa shape index (κ2) is 6.56. The summed E-state index contributed by atoms with van der Waals surface area (Å²) in [7, 11) is 0. The smallest absolute Gasteiger partial charge is 0.314 e. The van der Waals surface area contributed by atoms with Gasteiger partial charge in [-0.15, -0.1) is 0 Å². The molecule has 0 heterocycles. The van der Waals surface area contributed by atoms with E-state index < -0.39 is 41.0 Å². The summed E-state index contributed by atoms with van der Waals surface area (Å²) in [6.45, 7) is 1.39. The number of halogens is 2. The monoisotopic (exact) mass is 319 g/mol. The van der Waals surface area contributed by atoms with Gasteiger partial charge in [-0.25, -0.2) is 8.78 Å². The van der Waals surface area contributed by atoms with Crippen LogP contribution >= 0.6 is 0 Å². The fourth-order valence-corrected chi connectivity index (χ4v) is 2.23. The average Bonchev–Trinajstić information content (AvgIpc) is 2.51. The molecule has 0 saturated carbocycles. The van der Waals surface area contributed by atoms with Crippen molar-refractivity contribution < 1.29 is 23.5 Å². The summed E-state index contributed by atoms with van der Waals surface area (Å²) in [4.78, 5) is 23.7. The number of nitrogens with one attached hydrogen (secondary N) is 1. The van der Waals surface area contributed by atoms with Gasteiger partial charge in [0.05, 0.1) is 5.41 Å². The van der Waals surface area contributed by atoms with Crippen LogP contribution in [0.4, 0.5) is 14.5 Å². The van der Waals surface area contributed by atoms with Crippen molar-refractivity contribution in [2.45, 2.75) is 18.8 Å². The molecule has 2 rings (SSSR count). The van der Waals surface area contributed by atoms with Crippen molar-refractivity contribution in [3.8, 4) is 0 Å². The lowest BCUT2D eigenvalue weighted by Gasteiger charge is -2.24. The maximum absolute atomic E-state index is 13.6. The van der Waals surface area contributed by atoms with Crippen LogP contribution in [0.25, 0.3) is 0 Å². The summed E-state index contributed by atoms with van der Waals surface area (Å²) in [6.07, 6.45) is -0.458. The lowest BCUT2D eigenvalue weighted by Crippen LogP contribution is -2.36. The van der Waals surface area contributed by atoms with Gasteiger partial charge in [0.2, 0.25) is 5.91 Å². The van der Waals surface area contributed by atoms with Crippen molar-refractivity contribution in [1.82, 2.24) is 0 Å². The number of hydrogen-bond donors (Lipinski definition) is 2. The Morgan fingerprint density at radius 2 is 1.61 bits per heavy atom. The average molecular weight is 319 g/mol. The molecule has 2 aromatic carbocycles. The third-order valence-electron chi connectivity index (χ3n) is 3.62. The molecule has 0 fully saturated rings. The zero-order valence-electron chi connectivity index (χ0n) is 12.3. The predicted octanol–water partition coefficient (Wildman–Crippen LogP) is 3.34. The number of carboxylic acid groups (broad SMARTS) is 1. The van der Waals surface area contributed by atoms with E-state index in [0.717, 1.165) is 12.1 Å². The van der Waals surface area contributed by atoms with Crippen molar-refractivity contribution >= 4 is 17.6 Å². The van der Waals surface area contributed by atoms with Crippen LogP contribution < -0.4 is 5.32 Å². The summed E-state index contributed by atoms with van der Waals surface area (Å²) in [5, 5.41) is 11.6. The summed E-state index contributed by atoms with van der Waals surface area (Å²) in [6, 6.07) is 11.4. The van der Waals surface area contributed by atoms with Gasteiger partial charge >= 0.3 is 5.97 Å². The van der Waals surface area contributed by atoms with Crippen LogP contribution in [-0.2, 0) is 15.0 Å². The first-order chi connectivity index (χ1) is 10.8. The fourth-order valence-electron chi connectivity index (χ4n) is 2.23. The Morgan fingerprint density at radius 3 is 2.13 bits per heavy atom. The summed E-state index contributed by atoms with van der Waals surface area (Å²) in [5.74, 6) is -3.83. The third kappa shape index (κ3) is 3.53. The topological polar surface area (TPSA) is 66.4 Å². The summed E-state index contributed by atoms with van der Waals surface area (Å²) in [5.41, 5.74) is -1.66. The lowest BCUT2D eigenvalue weighted by molar-refractivity contribution is -0.145. The Hall–Kier alpha value is -2.76. The van der Waals surface area contributed by atoms with Crippen LogP contribution in [0, 0.1) is 11.6 Å². The molecule has 2 aromatic rings. The van der Waals surface area contributed by atoms with Crippen LogP contribution in [0.2, 0.25) is 0 Å². The number of hydrogen-bond acceptors (Lipinski definition) is 2. The van der Waals surface area contributed by atoms with Crippen LogP contribution in [0.3, 0.4) is 0 Å². The summed E-state index contributed by atoms with van der Waals surface area (Å²) >= 11 is 0. The molecule has 0 aliphatic carbocycles. The Morgan fingerprint density at radius 1 is 1.04 bits per heavy atom. The van der Waals surface area contributed by atoms with E-state index in [1.807, 2.05) is 0 Å². The van der Waals surface area contributed by atoms with E-state index in [4.69, 9.17) is 0 Å². The summed E-state index contributed by atoms with van der Waals surface area (Å²) < 4.78 is 27.1. The minimum atomic E-state index is -1.51. The molecular formula is C17H15F2NO3. The molecule has 0 spiro atoms. The Balaban J connectivity index is 2.25. The Labute approximate surface area is 131 Å². The number of rotatable bonds is 5. The molecule has 2 N–H and O–H groups in total. The van der Waals surface area contributed by atoms with Crippen LogP contribution in [0.15, 0.2) is 48.5 Å². The quantitative estimate of drug-likeness (QED) is 0.888. The van der Waals surface area contributed by atoms with E-state index in [-0.39, 0.29) is 0 Å². The maximum Gasteiger partial charge on any atom is 0.314 e. The lowest BCUT2D eigenvalue weighted by atomic mass is 9.79. The molecule has 0 bridgehead atoms. The van der Waals surface area contributed by atoms with Crippen molar-refractivity contribution in [3.05, 3.63) is 65.7 Å². The first-order valence-electron chi connectivity index (χ1n) is 6.87. The standard InChI is InChI=1S/C17H15F2NO3/c1-17(16(22)23,11-6-3-2-4-7-11)10-14(21)20-15-12(18)8-5-9-13(15)19/h2-9H,10H2,1H3,(H,20,21)(H,22,23).